The average molecular weight is 423 g/mol. The van der Waals surface area contributed by atoms with Crippen LogP contribution < -0.4 is 10.6 Å². The van der Waals surface area contributed by atoms with Gasteiger partial charge in [0.05, 0.1) is 10.4 Å². The van der Waals surface area contributed by atoms with Gasteiger partial charge >= 0.3 is 0 Å². The number of aromatic nitrogens is 4. The predicted molar refractivity (Wildman–Crippen MR) is 118 cm³/mol. The minimum Gasteiger partial charge on any atom is -0.324 e. The summed E-state index contributed by atoms with van der Waals surface area (Å²) in [5.41, 5.74) is 4.34. The van der Waals surface area contributed by atoms with Crippen LogP contribution in [0.1, 0.15) is 16.7 Å². The zero-order chi connectivity index (χ0) is 21.5. The maximum atomic E-state index is 11.9. The molecule has 0 radical (unpaired) electrons. The minimum atomic E-state index is -3.32. The number of nitrogens with zero attached hydrogens (tertiary/aromatic N) is 3. The van der Waals surface area contributed by atoms with Crippen LogP contribution in [0.25, 0.3) is 10.9 Å². The van der Waals surface area contributed by atoms with Crippen molar-refractivity contribution in [3.63, 3.8) is 0 Å². The highest BCUT2D eigenvalue weighted by molar-refractivity contribution is 7.90. The van der Waals surface area contributed by atoms with E-state index in [0.717, 1.165) is 27.6 Å². The quantitative estimate of drug-likeness (QED) is 0.442. The van der Waals surface area contributed by atoms with Crippen LogP contribution in [0.15, 0.2) is 47.5 Å². The molecule has 4 aromatic rings. The number of hydrogen-bond donors (Lipinski definition) is 3. The number of hydrogen-bond acceptors (Lipinski definition) is 7. The second-order valence-corrected chi connectivity index (χ2v) is 9.42. The summed E-state index contributed by atoms with van der Waals surface area (Å²) in [6.45, 7) is 5.77. The van der Waals surface area contributed by atoms with E-state index in [9.17, 15) is 8.42 Å². The smallest absolute Gasteiger partial charge is 0.229 e. The molecule has 8 nitrogen and oxygen atoms in total. The average Bonchev–Trinajstić information content (AvgIpc) is 3.05. The number of aromatic amines is 1. The summed E-state index contributed by atoms with van der Waals surface area (Å²) in [6.07, 6.45) is 2.89. The molecule has 0 amide bonds. The van der Waals surface area contributed by atoms with Gasteiger partial charge in [0.2, 0.25) is 5.95 Å². The molecule has 0 aliphatic rings. The monoisotopic (exact) mass is 422 g/mol. The molecule has 30 heavy (non-hydrogen) atoms. The predicted octanol–water partition coefficient (Wildman–Crippen LogP) is 4.17. The third kappa shape index (κ3) is 4.11. The molecule has 0 spiro atoms. The van der Waals surface area contributed by atoms with E-state index in [2.05, 4.69) is 36.9 Å². The summed E-state index contributed by atoms with van der Waals surface area (Å²) in [5, 5.41) is 14.7. The first kappa shape index (κ1) is 19.8. The van der Waals surface area contributed by atoms with Gasteiger partial charge in [-0.1, -0.05) is 11.6 Å². The number of H-pyrrole nitrogens is 1. The molecule has 4 rings (SSSR count). The van der Waals surface area contributed by atoms with Gasteiger partial charge in [0.25, 0.3) is 0 Å². The number of rotatable bonds is 5. The van der Waals surface area contributed by atoms with Crippen molar-refractivity contribution in [3.05, 3.63) is 59.3 Å². The lowest BCUT2D eigenvalue weighted by molar-refractivity contribution is 0.602. The van der Waals surface area contributed by atoms with E-state index in [-0.39, 0.29) is 4.90 Å². The molecule has 3 N–H and O–H groups in total. The molecular weight excluding hydrogens is 400 g/mol. The number of nitrogens with one attached hydrogen (secondary N) is 3. The number of fused-ring (bicyclic) bond motifs is 1. The summed E-state index contributed by atoms with van der Waals surface area (Å²) < 4.78 is 23.8. The van der Waals surface area contributed by atoms with Crippen molar-refractivity contribution >= 4 is 44.0 Å². The van der Waals surface area contributed by atoms with Gasteiger partial charge in [-0.3, -0.25) is 5.10 Å². The molecule has 0 saturated heterocycles. The highest BCUT2D eigenvalue weighted by atomic mass is 32.2. The third-order valence-electron chi connectivity index (χ3n) is 4.66. The van der Waals surface area contributed by atoms with E-state index in [1.54, 1.807) is 18.3 Å². The van der Waals surface area contributed by atoms with Crippen LogP contribution in [-0.2, 0) is 9.84 Å². The van der Waals surface area contributed by atoms with Gasteiger partial charge in [0, 0.05) is 29.1 Å². The van der Waals surface area contributed by atoms with Crippen LogP contribution in [0.3, 0.4) is 0 Å². The van der Waals surface area contributed by atoms with E-state index in [1.165, 1.54) is 6.26 Å². The fraction of sp³-hybridized carbons (Fsp3) is 0.190. The Morgan fingerprint density at radius 3 is 2.50 bits per heavy atom. The maximum Gasteiger partial charge on any atom is 0.229 e. The Morgan fingerprint density at radius 2 is 1.73 bits per heavy atom. The first-order chi connectivity index (χ1) is 14.2. The van der Waals surface area contributed by atoms with Crippen molar-refractivity contribution < 1.29 is 8.42 Å². The van der Waals surface area contributed by atoms with Gasteiger partial charge in [0.1, 0.15) is 5.82 Å². The van der Waals surface area contributed by atoms with Crippen molar-refractivity contribution in [1.82, 2.24) is 20.2 Å². The second kappa shape index (κ2) is 7.42. The van der Waals surface area contributed by atoms with Crippen LogP contribution in [0.5, 0.6) is 0 Å². The van der Waals surface area contributed by atoms with Gasteiger partial charge < -0.3 is 10.6 Å². The van der Waals surface area contributed by atoms with Crippen molar-refractivity contribution in [3.8, 4) is 0 Å². The minimum absolute atomic E-state index is 0.244. The zero-order valence-corrected chi connectivity index (χ0v) is 17.9. The maximum absolute atomic E-state index is 11.9. The van der Waals surface area contributed by atoms with Crippen molar-refractivity contribution in [2.75, 3.05) is 16.9 Å². The topological polar surface area (TPSA) is 113 Å². The van der Waals surface area contributed by atoms with E-state index < -0.39 is 9.84 Å². The van der Waals surface area contributed by atoms with Crippen LogP contribution in [0.4, 0.5) is 23.3 Å². The van der Waals surface area contributed by atoms with E-state index >= 15 is 0 Å². The Labute approximate surface area is 174 Å². The number of anilines is 4. The van der Waals surface area contributed by atoms with Crippen LogP contribution in [0, 0.1) is 20.8 Å². The molecule has 0 bridgehead atoms. The molecule has 0 aliphatic carbocycles. The summed E-state index contributed by atoms with van der Waals surface area (Å²) in [5.74, 6) is 1.64. The Hall–Kier alpha value is -3.46. The largest absolute Gasteiger partial charge is 0.324 e. The fourth-order valence-corrected chi connectivity index (χ4v) is 3.87. The standard InChI is InChI=1S/C21H22N6O2S/c1-12-5-6-18-17(9-12)20(27-26-18)24-19-14(3)11-22-21(25-19)23-15-7-13(2)8-16(10-15)30(4,28)29/h5-11H,1-4H3,(H3,22,23,24,25,26,27). The highest BCUT2D eigenvalue weighted by Gasteiger charge is 2.12. The lowest BCUT2D eigenvalue weighted by Crippen LogP contribution is -2.04. The normalized spacial score (nSPS) is 11.6. The van der Waals surface area contributed by atoms with Crippen molar-refractivity contribution in [2.24, 2.45) is 0 Å². The zero-order valence-electron chi connectivity index (χ0n) is 17.1. The first-order valence-electron chi connectivity index (χ1n) is 9.33. The van der Waals surface area contributed by atoms with E-state index in [4.69, 9.17) is 0 Å². The molecule has 154 valence electrons. The van der Waals surface area contributed by atoms with E-state index in [1.807, 2.05) is 39.0 Å². The molecule has 2 aromatic heterocycles. The number of aryl methyl sites for hydroxylation is 3. The molecule has 9 heteroatoms. The van der Waals surface area contributed by atoms with Crippen LogP contribution >= 0.6 is 0 Å². The lowest BCUT2D eigenvalue weighted by atomic mass is 10.2. The molecule has 2 aromatic carbocycles. The van der Waals surface area contributed by atoms with Crippen LogP contribution in [0.2, 0.25) is 0 Å². The number of benzene rings is 2. The lowest BCUT2D eigenvalue weighted by Gasteiger charge is -2.11. The van der Waals surface area contributed by atoms with Gasteiger partial charge in [0.15, 0.2) is 15.7 Å². The third-order valence-corrected chi connectivity index (χ3v) is 5.75. The molecule has 0 aliphatic heterocycles. The van der Waals surface area contributed by atoms with Gasteiger partial charge in [-0.2, -0.15) is 10.1 Å². The Balaban J connectivity index is 1.65. The summed E-state index contributed by atoms with van der Waals surface area (Å²) in [4.78, 5) is 9.12. The Kier molecular flexibility index (Phi) is 4.90. The molecule has 0 atom stereocenters. The molecule has 0 fully saturated rings. The van der Waals surface area contributed by atoms with Gasteiger partial charge in [-0.05, 0) is 56.7 Å². The van der Waals surface area contributed by atoms with Crippen LogP contribution in [-0.4, -0.2) is 34.8 Å². The highest BCUT2D eigenvalue weighted by Crippen LogP contribution is 2.27. The fourth-order valence-electron chi connectivity index (χ4n) is 3.13. The summed E-state index contributed by atoms with van der Waals surface area (Å²) in [7, 11) is -3.32. The Morgan fingerprint density at radius 1 is 0.933 bits per heavy atom. The Bertz CT molecular complexity index is 1360. The SMILES string of the molecule is Cc1cc(Nc2ncc(C)c(Nc3n[nH]c4ccc(C)cc34)n2)cc(S(C)(=O)=O)c1. The molecule has 0 saturated carbocycles. The van der Waals surface area contributed by atoms with Crippen molar-refractivity contribution in [2.45, 2.75) is 25.7 Å². The van der Waals surface area contributed by atoms with Gasteiger partial charge in [-0.25, -0.2) is 13.4 Å². The summed E-state index contributed by atoms with van der Waals surface area (Å²) in [6, 6.07) is 11.1. The molecule has 0 unspecified atom stereocenters. The summed E-state index contributed by atoms with van der Waals surface area (Å²) >= 11 is 0. The van der Waals surface area contributed by atoms with E-state index in [0.29, 0.717) is 23.3 Å². The first-order valence-corrected chi connectivity index (χ1v) is 11.2. The van der Waals surface area contributed by atoms with Gasteiger partial charge in [-0.15, -0.1) is 0 Å². The molecular formula is C21H22N6O2S. The second-order valence-electron chi connectivity index (χ2n) is 7.40. The number of sulfone groups is 1. The molecule has 2 heterocycles. The van der Waals surface area contributed by atoms with Crippen molar-refractivity contribution in [1.29, 1.82) is 0 Å².